The Labute approximate surface area is 204 Å². The molecule has 8 nitrogen and oxygen atoms in total. The summed E-state index contributed by atoms with van der Waals surface area (Å²) >= 11 is 0. The number of anilines is 1. The Morgan fingerprint density at radius 3 is 2.46 bits per heavy atom. The Morgan fingerprint density at radius 2 is 1.77 bits per heavy atom. The first-order chi connectivity index (χ1) is 16.8. The molecule has 0 fully saturated rings. The summed E-state index contributed by atoms with van der Waals surface area (Å²) in [4.78, 5) is 14.5. The summed E-state index contributed by atoms with van der Waals surface area (Å²) in [5, 5.41) is 4.36. The number of para-hydroxylation sites is 1. The standard InChI is InChI=1S/C26H26N4O4S/c1-19-9-12-22(13-10-19)28-35(32,33)25-15-21(11-14-24(25)34-3)26(31)29(2)17-20-16-27-30(18-20)23-7-5-4-6-8-23/h4-16,18,28H,17H2,1-3H3. The zero-order chi connectivity index (χ0) is 25.0. The number of hydrogen-bond donors (Lipinski definition) is 1. The summed E-state index contributed by atoms with van der Waals surface area (Å²) in [6, 6.07) is 21.0. The number of ether oxygens (including phenoxy) is 1. The maximum atomic E-state index is 13.1. The normalized spacial score (nSPS) is 11.2. The van der Waals surface area contributed by atoms with Gasteiger partial charge < -0.3 is 9.64 Å². The molecule has 0 aliphatic carbocycles. The van der Waals surface area contributed by atoms with E-state index in [1.807, 2.05) is 55.6 Å². The third kappa shape index (κ3) is 5.52. The van der Waals surface area contributed by atoms with Crippen LogP contribution in [-0.4, -0.2) is 43.2 Å². The van der Waals surface area contributed by atoms with Crippen molar-refractivity contribution in [3.8, 4) is 11.4 Å². The van der Waals surface area contributed by atoms with Crippen molar-refractivity contribution >= 4 is 21.6 Å². The zero-order valence-electron chi connectivity index (χ0n) is 19.7. The van der Waals surface area contributed by atoms with Crippen molar-refractivity contribution < 1.29 is 17.9 Å². The van der Waals surface area contributed by atoms with Crippen molar-refractivity contribution in [3.05, 3.63) is 102 Å². The van der Waals surface area contributed by atoms with Crippen LogP contribution in [0.3, 0.4) is 0 Å². The minimum Gasteiger partial charge on any atom is -0.495 e. The van der Waals surface area contributed by atoms with Gasteiger partial charge in [0.2, 0.25) is 0 Å². The molecule has 0 spiro atoms. The number of amides is 1. The number of benzene rings is 3. The molecule has 1 amide bonds. The number of carbonyl (C=O) groups excluding carboxylic acids is 1. The summed E-state index contributed by atoms with van der Waals surface area (Å²) < 4.78 is 35.8. The van der Waals surface area contributed by atoms with Crippen LogP contribution in [0, 0.1) is 6.92 Å². The highest BCUT2D eigenvalue weighted by molar-refractivity contribution is 7.92. The minimum atomic E-state index is -4.00. The molecular formula is C26H26N4O4S. The second-order valence-corrected chi connectivity index (χ2v) is 9.78. The van der Waals surface area contributed by atoms with E-state index in [1.54, 1.807) is 36.1 Å². The lowest BCUT2D eigenvalue weighted by molar-refractivity contribution is 0.0785. The highest BCUT2D eigenvalue weighted by Crippen LogP contribution is 2.28. The first-order valence-corrected chi connectivity index (χ1v) is 12.4. The number of hydrogen-bond acceptors (Lipinski definition) is 5. The van der Waals surface area contributed by atoms with E-state index < -0.39 is 10.0 Å². The molecule has 0 bridgehead atoms. The van der Waals surface area contributed by atoms with E-state index in [1.165, 1.54) is 24.1 Å². The van der Waals surface area contributed by atoms with E-state index in [-0.39, 0.29) is 22.1 Å². The fourth-order valence-corrected chi connectivity index (χ4v) is 4.84. The number of aromatic nitrogens is 2. The molecule has 9 heteroatoms. The van der Waals surface area contributed by atoms with Crippen LogP contribution in [-0.2, 0) is 16.6 Å². The molecule has 180 valence electrons. The molecule has 0 aliphatic heterocycles. The summed E-state index contributed by atoms with van der Waals surface area (Å²) in [6.07, 6.45) is 3.56. The van der Waals surface area contributed by atoms with E-state index in [4.69, 9.17) is 4.74 Å². The van der Waals surface area contributed by atoms with E-state index in [0.717, 1.165) is 16.8 Å². The third-order valence-corrected chi connectivity index (χ3v) is 6.83. The van der Waals surface area contributed by atoms with Crippen LogP contribution in [0.25, 0.3) is 5.69 Å². The molecule has 1 aromatic heterocycles. The molecule has 0 radical (unpaired) electrons. The lowest BCUT2D eigenvalue weighted by atomic mass is 10.2. The zero-order valence-corrected chi connectivity index (χ0v) is 20.5. The van der Waals surface area contributed by atoms with Gasteiger partial charge in [0.25, 0.3) is 15.9 Å². The summed E-state index contributed by atoms with van der Waals surface area (Å²) in [5.74, 6) is -0.181. The van der Waals surface area contributed by atoms with E-state index in [0.29, 0.717) is 12.2 Å². The van der Waals surface area contributed by atoms with Crippen LogP contribution in [0.1, 0.15) is 21.5 Å². The van der Waals surface area contributed by atoms with Gasteiger partial charge in [-0.2, -0.15) is 5.10 Å². The van der Waals surface area contributed by atoms with Crippen molar-refractivity contribution in [1.82, 2.24) is 14.7 Å². The second-order valence-electron chi connectivity index (χ2n) is 8.13. The van der Waals surface area contributed by atoms with Crippen LogP contribution < -0.4 is 9.46 Å². The van der Waals surface area contributed by atoms with Gasteiger partial charge >= 0.3 is 0 Å². The van der Waals surface area contributed by atoms with Gasteiger partial charge in [-0.3, -0.25) is 9.52 Å². The summed E-state index contributed by atoms with van der Waals surface area (Å²) in [7, 11) is -0.951. The molecular weight excluding hydrogens is 464 g/mol. The Bertz CT molecular complexity index is 1430. The van der Waals surface area contributed by atoms with Crippen LogP contribution >= 0.6 is 0 Å². The van der Waals surface area contributed by atoms with Crippen molar-refractivity contribution in [1.29, 1.82) is 0 Å². The number of nitrogens with one attached hydrogen (secondary N) is 1. The molecule has 3 aromatic carbocycles. The quantitative estimate of drug-likeness (QED) is 0.398. The Morgan fingerprint density at radius 1 is 1.06 bits per heavy atom. The van der Waals surface area contributed by atoms with Crippen LogP contribution in [0.5, 0.6) is 5.75 Å². The molecule has 1 N–H and O–H groups in total. The van der Waals surface area contributed by atoms with Gasteiger partial charge in [-0.1, -0.05) is 35.9 Å². The number of sulfonamides is 1. The molecule has 0 unspecified atom stereocenters. The maximum Gasteiger partial charge on any atom is 0.265 e. The highest BCUT2D eigenvalue weighted by Gasteiger charge is 2.23. The van der Waals surface area contributed by atoms with Crippen molar-refractivity contribution in [3.63, 3.8) is 0 Å². The molecule has 1 heterocycles. The first-order valence-electron chi connectivity index (χ1n) is 10.9. The van der Waals surface area contributed by atoms with E-state index in [9.17, 15) is 13.2 Å². The summed E-state index contributed by atoms with van der Waals surface area (Å²) in [5.41, 5.74) is 3.41. The molecule has 0 saturated heterocycles. The van der Waals surface area contributed by atoms with Gasteiger partial charge in [0.05, 0.1) is 19.0 Å². The fourth-order valence-electron chi connectivity index (χ4n) is 3.58. The third-order valence-electron chi connectivity index (χ3n) is 5.43. The van der Waals surface area contributed by atoms with Crippen LogP contribution in [0.2, 0.25) is 0 Å². The minimum absolute atomic E-state index is 0.114. The van der Waals surface area contributed by atoms with Crippen molar-refractivity contribution in [2.45, 2.75) is 18.4 Å². The maximum absolute atomic E-state index is 13.1. The molecule has 0 atom stereocenters. The monoisotopic (exact) mass is 490 g/mol. The fraction of sp³-hybridized carbons (Fsp3) is 0.154. The van der Waals surface area contributed by atoms with Crippen LogP contribution in [0.4, 0.5) is 5.69 Å². The van der Waals surface area contributed by atoms with Crippen molar-refractivity contribution in [2.24, 2.45) is 0 Å². The predicted molar refractivity (Wildman–Crippen MR) is 134 cm³/mol. The lowest BCUT2D eigenvalue weighted by Crippen LogP contribution is -2.26. The Kier molecular flexibility index (Phi) is 6.88. The van der Waals surface area contributed by atoms with Gasteiger partial charge in [0, 0.05) is 36.6 Å². The first kappa shape index (κ1) is 24.0. The number of aryl methyl sites for hydroxylation is 1. The van der Waals surface area contributed by atoms with Gasteiger partial charge in [0.1, 0.15) is 10.6 Å². The molecule has 4 rings (SSSR count). The molecule has 4 aromatic rings. The predicted octanol–water partition coefficient (Wildman–Crippen LogP) is 4.26. The summed E-state index contributed by atoms with van der Waals surface area (Å²) in [6.45, 7) is 2.22. The van der Waals surface area contributed by atoms with Gasteiger partial charge in [-0.05, 0) is 49.4 Å². The number of nitrogens with zero attached hydrogens (tertiary/aromatic N) is 3. The molecule has 0 aliphatic rings. The van der Waals surface area contributed by atoms with E-state index in [2.05, 4.69) is 9.82 Å². The largest absolute Gasteiger partial charge is 0.495 e. The van der Waals surface area contributed by atoms with Crippen LogP contribution in [0.15, 0.2) is 90.1 Å². The highest BCUT2D eigenvalue weighted by atomic mass is 32.2. The molecule has 0 saturated carbocycles. The molecule has 35 heavy (non-hydrogen) atoms. The van der Waals surface area contributed by atoms with Crippen molar-refractivity contribution in [2.75, 3.05) is 18.9 Å². The smallest absolute Gasteiger partial charge is 0.265 e. The Hall–Kier alpha value is -4.11. The van der Waals surface area contributed by atoms with E-state index >= 15 is 0 Å². The lowest BCUT2D eigenvalue weighted by Gasteiger charge is -2.18. The second kappa shape index (κ2) is 10.0. The number of carbonyl (C=O) groups is 1. The topological polar surface area (TPSA) is 93.5 Å². The average molecular weight is 491 g/mol. The SMILES string of the molecule is COc1ccc(C(=O)N(C)Cc2cnn(-c3ccccc3)c2)cc1S(=O)(=O)Nc1ccc(C)cc1. The number of methoxy groups -OCH3 is 1. The van der Waals surface area contributed by atoms with Gasteiger partial charge in [-0.25, -0.2) is 13.1 Å². The Balaban J connectivity index is 1.54. The van der Waals surface area contributed by atoms with Gasteiger partial charge in [0.15, 0.2) is 0 Å². The number of rotatable bonds is 8. The van der Waals surface area contributed by atoms with Gasteiger partial charge in [-0.15, -0.1) is 0 Å². The average Bonchev–Trinajstić information content (AvgIpc) is 3.33.